The molecule has 1 amide bonds. The molecule has 1 fully saturated rings. The van der Waals surface area contributed by atoms with Crippen LogP contribution in [0.5, 0.6) is 0 Å². The van der Waals surface area contributed by atoms with E-state index in [0.29, 0.717) is 19.6 Å². The van der Waals surface area contributed by atoms with Gasteiger partial charge in [-0.15, -0.1) is 0 Å². The Morgan fingerprint density at radius 1 is 1.29 bits per heavy atom. The minimum absolute atomic E-state index is 0.133. The Bertz CT molecular complexity index is 267. The van der Waals surface area contributed by atoms with Crippen molar-refractivity contribution in [3.63, 3.8) is 0 Å². The van der Waals surface area contributed by atoms with E-state index in [9.17, 15) is 9.59 Å². The van der Waals surface area contributed by atoms with Gasteiger partial charge in [-0.05, 0) is 19.3 Å². The molecule has 0 heterocycles. The number of carboxylic acid groups (broad SMARTS) is 1. The van der Waals surface area contributed by atoms with E-state index in [1.807, 2.05) is 0 Å². The molecular formula is C12H21NO4. The van der Waals surface area contributed by atoms with Crippen LogP contribution in [0.3, 0.4) is 0 Å². The number of carbonyl (C=O) groups is 2. The molecule has 2 N–H and O–H groups in total. The van der Waals surface area contributed by atoms with Crippen LogP contribution in [0, 0.1) is 11.8 Å². The number of hydrogen-bond acceptors (Lipinski definition) is 3. The van der Waals surface area contributed by atoms with Crippen LogP contribution >= 0.6 is 0 Å². The molecule has 2 atom stereocenters. The van der Waals surface area contributed by atoms with Crippen LogP contribution in [-0.4, -0.2) is 36.7 Å². The van der Waals surface area contributed by atoms with Gasteiger partial charge in [0.2, 0.25) is 5.91 Å². The first-order chi connectivity index (χ1) is 8.16. The number of carbonyl (C=O) groups excluding carboxylic acids is 1. The molecule has 0 aromatic heterocycles. The fraction of sp³-hybridized carbons (Fsp3) is 0.833. The summed E-state index contributed by atoms with van der Waals surface area (Å²) in [5, 5.41) is 11.4. The van der Waals surface area contributed by atoms with Crippen molar-refractivity contribution < 1.29 is 19.4 Å². The molecule has 17 heavy (non-hydrogen) atoms. The quantitative estimate of drug-likeness (QED) is 0.593. The number of nitrogens with one attached hydrogen (secondary N) is 1. The summed E-state index contributed by atoms with van der Waals surface area (Å²) in [5.74, 6) is -1.77. The van der Waals surface area contributed by atoms with Crippen LogP contribution in [0.1, 0.15) is 32.6 Å². The molecule has 0 bridgehead atoms. The van der Waals surface area contributed by atoms with Gasteiger partial charge in [0.15, 0.2) is 0 Å². The van der Waals surface area contributed by atoms with Crippen molar-refractivity contribution in [1.29, 1.82) is 0 Å². The smallest absolute Gasteiger partial charge is 0.307 e. The zero-order chi connectivity index (χ0) is 12.7. The first-order valence-corrected chi connectivity index (χ1v) is 6.25. The lowest BCUT2D eigenvalue weighted by Gasteiger charge is -2.05. The molecule has 98 valence electrons. The summed E-state index contributed by atoms with van der Waals surface area (Å²) in [4.78, 5) is 22.0. The molecule has 0 aromatic rings. The van der Waals surface area contributed by atoms with E-state index >= 15 is 0 Å². The highest BCUT2D eigenvalue weighted by Crippen LogP contribution is 2.38. The summed E-state index contributed by atoms with van der Waals surface area (Å²) in [6.45, 7) is 4.09. The fourth-order valence-corrected chi connectivity index (χ4v) is 1.62. The molecule has 0 aromatic carbocycles. The van der Waals surface area contributed by atoms with E-state index in [4.69, 9.17) is 9.84 Å². The Hall–Kier alpha value is -1.10. The van der Waals surface area contributed by atoms with Crippen LogP contribution in [0.25, 0.3) is 0 Å². The molecule has 0 aliphatic heterocycles. The molecule has 1 aliphatic carbocycles. The van der Waals surface area contributed by atoms with Crippen molar-refractivity contribution in [1.82, 2.24) is 5.32 Å². The molecule has 5 nitrogen and oxygen atoms in total. The van der Waals surface area contributed by atoms with Crippen molar-refractivity contribution in [2.24, 2.45) is 11.8 Å². The van der Waals surface area contributed by atoms with E-state index < -0.39 is 11.9 Å². The van der Waals surface area contributed by atoms with Crippen molar-refractivity contribution in [2.45, 2.75) is 32.6 Å². The Labute approximate surface area is 102 Å². The van der Waals surface area contributed by atoms with Gasteiger partial charge in [0.1, 0.15) is 0 Å². The maximum Gasteiger partial charge on any atom is 0.307 e. The third-order valence-electron chi connectivity index (χ3n) is 2.85. The molecule has 5 heteroatoms. The molecule has 1 saturated carbocycles. The highest BCUT2D eigenvalue weighted by molar-refractivity contribution is 5.89. The lowest BCUT2D eigenvalue weighted by molar-refractivity contribution is -0.140. The summed E-state index contributed by atoms with van der Waals surface area (Å²) in [6, 6.07) is 0. The molecule has 1 aliphatic rings. The van der Waals surface area contributed by atoms with Gasteiger partial charge in [-0.1, -0.05) is 13.3 Å². The van der Waals surface area contributed by atoms with Gasteiger partial charge in [-0.3, -0.25) is 9.59 Å². The van der Waals surface area contributed by atoms with E-state index in [1.165, 1.54) is 0 Å². The number of ether oxygens (including phenoxy) is 1. The standard InChI is InChI=1S/C12H21NO4/c1-2-3-6-17-7-4-5-13-11(14)9-8-10(9)12(15)16/h9-10H,2-8H2,1H3,(H,13,14)(H,15,16)/t9-,10+/m1/s1. The minimum Gasteiger partial charge on any atom is -0.481 e. The second-order valence-corrected chi connectivity index (χ2v) is 4.40. The number of unbranched alkanes of at least 4 members (excludes halogenated alkanes) is 1. The lowest BCUT2D eigenvalue weighted by Crippen LogP contribution is -2.28. The van der Waals surface area contributed by atoms with Gasteiger partial charge in [0.25, 0.3) is 0 Å². The maximum atomic E-state index is 11.4. The van der Waals surface area contributed by atoms with Crippen molar-refractivity contribution in [3.05, 3.63) is 0 Å². The van der Waals surface area contributed by atoms with E-state index in [0.717, 1.165) is 25.9 Å². The molecule has 0 unspecified atom stereocenters. The highest BCUT2D eigenvalue weighted by Gasteiger charge is 2.48. The number of carboxylic acids is 1. The SMILES string of the molecule is CCCCOCCCNC(=O)[C@@H]1C[C@@H]1C(=O)O. The number of hydrogen-bond donors (Lipinski definition) is 2. The lowest BCUT2D eigenvalue weighted by atomic mass is 10.3. The second kappa shape index (κ2) is 7.27. The Balaban J connectivity index is 1.93. The monoisotopic (exact) mass is 243 g/mol. The van der Waals surface area contributed by atoms with Gasteiger partial charge in [0.05, 0.1) is 11.8 Å². The number of aliphatic carboxylic acids is 1. The summed E-state index contributed by atoms with van der Waals surface area (Å²) >= 11 is 0. The fourth-order valence-electron chi connectivity index (χ4n) is 1.62. The van der Waals surface area contributed by atoms with Crippen molar-refractivity contribution in [3.8, 4) is 0 Å². The first kappa shape index (κ1) is 14.0. The normalized spacial score (nSPS) is 22.2. The topological polar surface area (TPSA) is 75.6 Å². The predicted molar refractivity (Wildman–Crippen MR) is 62.6 cm³/mol. The summed E-state index contributed by atoms with van der Waals surface area (Å²) in [7, 11) is 0. The van der Waals surface area contributed by atoms with E-state index in [-0.39, 0.29) is 11.8 Å². The van der Waals surface area contributed by atoms with Gasteiger partial charge in [0, 0.05) is 19.8 Å². The number of amides is 1. The van der Waals surface area contributed by atoms with Gasteiger partial charge in [-0.25, -0.2) is 0 Å². The Kier molecular flexibility index (Phi) is 5.97. The maximum absolute atomic E-state index is 11.4. The van der Waals surface area contributed by atoms with Crippen molar-refractivity contribution in [2.75, 3.05) is 19.8 Å². The Morgan fingerprint density at radius 3 is 2.59 bits per heavy atom. The summed E-state index contributed by atoms with van der Waals surface area (Å²) in [5.41, 5.74) is 0. The van der Waals surface area contributed by atoms with Gasteiger partial charge < -0.3 is 15.2 Å². The molecule has 0 radical (unpaired) electrons. The first-order valence-electron chi connectivity index (χ1n) is 6.25. The zero-order valence-corrected chi connectivity index (χ0v) is 10.3. The second-order valence-electron chi connectivity index (χ2n) is 4.40. The van der Waals surface area contributed by atoms with Crippen molar-refractivity contribution >= 4 is 11.9 Å². The third kappa shape index (κ3) is 5.17. The van der Waals surface area contributed by atoms with E-state index in [2.05, 4.69) is 12.2 Å². The van der Waals surface area contributed by atoms with Crippen LogP contribution in [-0.2, 0) is 14.3 Å². The molecule has 1 rings (SSSR count). The van der Waals surface area contributed by atoms with Crippen LogP contribution in [0.15, 0.2) is 0 Å². The van der Waals surface area contributed by atoms with Crippen LogP contribution in [0.2, 0.25) is 0 Å². The predicted octanol–water partition coefficient (Wildman–Crippen LogP) is 1.03. The largest absolute Gasteiger partial charge is 0.481 e. The average molecular weight is 243 g/mol. The van der Waals surface area contributed by atoms with Gasteiger partial charge in [-0.2, -0.15) is 0 Å². The average Bonchev–Trinajstić information content (AvgIpc) is 3.07. The highest BCUT2D eigenvalue weighted by atomic mass is 16.5. The number of rotatable bonds is 9. The van der Waals surface area contributed by atoms with E-state index in [1.54, 1.807) is 0 Å². The third-order valence-corrected chi connectivity index (χ3v) is 2.85. The summed E-state index contributed by atoms with van der Waals surface area (Å²) < 4.78 is 5.35. The molecule has 0 saturated heterocycles. The minimum atomic E-state index is -0.868. The molecular weight excluding hydrogens is 222 g/mol. The van der Waals surface area contributed by atoms with Crippen LogP contribution in [0.4, 0.5) is 0 Å². The molecule has 0 spiro atoms. The zero-order valence-electron chi connectivity index (χ0n) is 10.3. The Morgan fingerprint density at radius 2 is 2.00 bits per heavy atom. The van der Waals surface area contributed by atoms with Crippen LogP contribution < -0.4 is 5.32 Å². The summed E-state index contributed by atoms with van der Waals surface area (Å²) in [6.07, 6.45) is 3.44. The van der Waals surface area contributed by atoms with Gasteiger partial charge >= 0.3 is 5.97 Å².